The number of anilines is 1. The first-order valence-corrected chi connectivity index (χ1v) is 9.10. The molecule has 30 heavy (non-hydrogen) atoms. The van der Waals surface area contributed by atoms with Crippen molar-refractivity contribution in [3.63, 3.8) is 0 Å². The van der Waals surface area contributed by atoms with Crippen molar-refractivity contribution in [2.24, 2.45) is 0 Å². The molecular formula is C22H22N2O6. The molecule has 1 fully saturated rings. The molecule has 2 aromatic rings. The van der Waals surface area contributed by atoms with E-state index in [0.29, 0.717) is 28.5 Å². The molecule has 0 spiro atoms. The fraction of sp³-hybridized carbons (Fsp3) is 0.227. The Kier molecular flexibility index (Phi) is 5.77. The zero-order chi connectivity index (χ0) is 22.0. The molecule has 1 N–H and O–H groups in total. The number of aryl methyl sites for hydroxylation is 2. The lowest BCUT2D eigenvalue weighted by molar-refractivity contribution is -0.122. The second kappa shape index (κ2) is 8.28. The van der Waals surface area contributed by atoms with Gasteiger partial charge in [-0.3, -0.25) is 14.9 Å². The van der Waals surface area contributed by atoms with E-state index in [-0.39, 0.29) is 5.57 Å². The maximum absolute atomic E-state index is 13.1. The van der Waals surface area contributed by atoms with Crippen LogP contribution in [0.1, 0.15) is 16.7 Å². The maximum Gasteiger partial charge on any atom is 0.335 e. The third-order valence-electron chi connectivity index (χ3n) is 4.88. The van der Waals surface area contributed by atoms with Gasteiger partial charge in [0.25, 0.3) is 11.8 Å². The van der Waals surface area contributed by atoms with E-state index in [0.717, 1.165) is 16.0 Å². The van der Waals surface area contributed by atoms with Crippen molar-refractivity contribution in [3.8, 4) is 17.2 Å². The van der Waals surface area contributed by atoms with Crippen LogP contribution in [-0.4, -0.2) is 39.2 Å². The minimum atomic E-state index is -0.801. The lowest BCUT2D eigenvalue weighted by Gasteiger charge is -2.27. The number of carbonyl (C=O) groups excluding carboxylic acids is 3. The minimum Gasteiger partial charge on any atom is -0.493 e. The number of hydrogen-bond acceptors (Lipinski definition) is 6. The molecule has 0 aromatic heterocycles. The minimum absolute atomic E-state index is 0.210. The fourth-order valence-electron chi connectivity index (χ4n) is 3.15. The summed E-state index contributed by atoms with van der Waals surface area (Å²) in [7, 11) is 4.38. The number of urea groups is 1. The molecule has 4 amide bonds. The van der Waals surface area contributed by atoms with Crippen LogP contribution in [-0.2, 0) is 9.59 Å². The van der Waals surface area contributed by atoms with Crippen molar-refractivity contribution < 1.29 is 28.6 Å². The average Bonchev–Trinajstić information content (AvgIpc) is 2.72. The summed E-state index contributed by atoms with van der Waals surface area (Å²) < 4.78 is 16.0. The van der Waals surface area contributed by atoms with Gasteiger partial charge in [-0.25, -0.2) is 9.69 Å². The number of ether oxygens (including phenoxy) is 3. The monoisotopic (exact) mass is 410 g/mol. The fourth-order valence-corrected chi connectivity index (χ4v) is 3.15. The highest BCUT2D eigenvalue weighted by Gasteiger charge is 2.37. The molecule has 1 aliphatic heterocycles. The number of methoxy groups -OCH3 is 3. The van der Waals surface area contributed by atoms with Crippen LogP contribution < -0.4 is 24.4 Å². The van der Waals surface area contributed by atoms with Gasteiger partial charge in [-0.15, -0.1) is 0 Å². The summed E-state index contributed by atoms with van der Waals surface area (Å²) in [6.45, 7) is 3.80. The highest BCUT2D eigenvalue weighted by molar-refractivity contribution is 6.39. The molecule has 3 rings (SSSR count). The van der Waals surface area contributed by atoms with Crippen LogP contribution in [0.2, 0.25) is 0 Å². The highest BCUT2D eigenvalue weighted by Crippen LogP contribution is 2.40. The molecule has 0 radical (unpaired) electrons. The molecule has 2 aromatic carbocycles. The summed E-state index contributed by atoms with van der Waals surface area (Å²) in [6, 6.07) is 7.64. The first-order chi connectivity index (χ1) is 14.3. The quantitative estimate of drug-likeness (QED) is 0.602. The average molecular weight is 410 g/mol. The van der Waals surface area contributed by atoms with Crippen LogP contribution in [0, 0.1) is 13.8 Å². The Morgan fingerprint density at radius 1 is 0.867 bits per heavy atom. The Labute approximate surface area is 174 Å². The second-order valence-electron chi connectivity index (χ2n) is 6.65. The number of nitrogens with one attached hydrogen (secondary N) is 1. The summed E-state index contributed by atoms with van der Waals surface area (Å²) in [5, 5.41) is 2.21. The first-order valence-electron chi connectivity index (χ1n) is 9.10. The SMILES string of the molecule is COc1ccc(C=C2C(=O)NC(=O)N(c3ccc(C)c(C)c3)C2=O)c(OC)c1OC. The van der Waals surface area contributed by atoms with Crippen LogP contribution in [0.4, 0.5) is 10.5 Å². The lowest BCUT2D eigenvalue weighted by atomic mass is 10.0. The number of barbiturate groups is 1. The van der Waals surface area contributed by atoms with Gasteiger partial charge >= 0.3 is 6.03 Å². The van der Waals surface area contributed by atoms with E-state index in [4.69, 9.17) is 14.2 Å². The van der Waals surface area contributed by atoms with Crippen molar-refractivity contribution in [1.29, 1.82) is 0 Å². The summed E-state index contributed by atoms with van der Waals surface area (Å²) in [4.78, 5) is 38.9. The summed E-state index contributed by atoms with van der Waals surface area (Å²) in [5.74, 6) is -0.478. The zero-order valence-corrected chi connectivity index (χ0v) is 17.4. The van der Waals surface area contributed by atoms with Crippen LogP contribution >= 0.6 is 0 Å². The van der Waals surface area contributed by atoms with E-state index >= 15 is 0 Å². The van der Waals surface area contributed by atoms with Crippen LogP contribution in [0.25, 0.3) is 6.08 Å². The lowest BCUT2D eigenvalue weighted by Crippen LogP contribution is -2.54. The van der Waals surface area contributed by atoms with Crippen molar-refractivity contribution >= 4 is 29.6 Å². The van der Waals surface area contributed by atoms with Gasteiger partial charge in [0.1, 0.15) is 5.57 Å². The van der Waals surface area contributed by atoms with E-state index in [9.17, 15) is 14.4 Å². The topological polar surface area (TPSA) is 94.2 Å². The van der Waals surface area contributed by atoms with Gasteiger partial charge in [-0.05, 0) is 55.3 Å². The summed E-state index contributed by atoms with van der Waals surface area (Å²) >= 11 is 0. The van der Waals surface area contributed by atoms with E-state index < -0.39 is 17.8 Å². The molecule has 0 aliphatic carbocycles. The third-order valence-corrected chi connectivity index (χ3v) is 4.88. The van der Waals surface area contributed by atoms with E-state index in [2.05, 4.69) is 5.32 Å². The van der Waals surface area contributed by atoms with Crippen LogP contribution in [0.15, 0.2) is 35.9 Å². The Balaban J connectivity index is 2.10. The summed E-state index contributed by atoms with van der Waals surface area (Å²) in [6.07, 6.45) is 1.36. The summed E-state index contributed by atoms with van der Waals surface area (Å²) in [5.41, 5.74) is 2.52. The number of carbonyl (C=O) groups is 3. The van der Waals surface area contributed by atoms with E-state index in [1.54, 1.807) is 24.3 Å². The predicted molar refractivity (Wildman–Crippen MR) is 111 cm³/mol. The molecule has 1 heterocycles. The van der Waals surface area contributed by atoms with E-state index in [1.165, 1.54) is 27.4 Å². The smallest absolute Gasteiger partial charge is 0.335 e. The number of amides is 4. The molecule has 0 unspecified atom stereocenters. The van der Waals surface area contributed by atoms with Gasteiger partial charge in [-0.2, -0.15) is 0 Å². The zero-order valence-electron chi connectivity index (χ0n) is 17.4. The molecule has 0 saturated carbocycles. The molecule has 1 aliphatic rings. The van der Waals surface area contributed by atoms with Gasteiger partial charge in [0.05, 0.1) is 27.0 Å². The van der Waals surface area contributed by atoms with Crippen molar-refractivity contribution in [2.75, 3.05) is 26.2 Å². The van der Waals surface area contributed by atoms with Gasteiger partial charge in [0.2, 0.25) is 5.75 Å². The van der Waals surface area contributed by atoms with Crippen LogP contribution in [0.5, 0.6) is 17.2 Å². The highest BCUT2D eigenvalue weighted by atomic mass is 16.5. The molecule has 8 nitrogen and oxygen atoms in total. The molecule has 8 heteroatoms. The number of benzene rings is 2. The van der Waals surface area contributed by atoms with Gasteiger partial charge in [0.15, 0.2) is 11.5 Å². The molecule has 0 bridgehead atoms. The second-order valence-corrected chi connectivity index (χ2v) is 6.65. The molecule has 0 atom stereocenters. The van der Waals surface area contributed by atoms with Gasteiger partial charge in [-0.1, -0.05) is 6.07 Å². The normalized spacial score (nSPS) is 15.3. The predicted octanol–water partition coefficient (Wildman–Crippen LogP) is 3.00. The molecular weight excluding hydrogens is 388 g/mol. The number of hydrogen-bond donors (Lipinski definition) is 1. The van der Waals surface area contributed by atoms with Crippen LogP contribution in [0.3, 0.4) is 0 Å². The molecule has 1 saturated heterocycles. The maximum atomic E-state index is 13.1. The standard InChI is InChI=1S/C22H22N2O6/c1-12-6-8-15(10-13(12)2)24-21(26)16(20(25)23-22(24)27)11-14-7-9-17(28-3)19(30-5)18(14)29-4/h6-11H,1-5H3,(H,23,25,27). The van der Waals surface area contributed by atoms with E-state index in [1.807, 2.05) is 19.9 Å². The van der Waals surface area contributed by atoms with Crippen molar-refractivity contribution in [2.45, 2.75) is 13.8 Å². The van der Waals surface area contributed by atoms with Gasteiger partial charge < -0.3 is 14.2 Å². The number of imide groups is 2. The molecule has 156 valence electrons. The number of nitrogens with zero attached hydrogens (tertiary/aromatic N) is 1. The van der Waals surface area contributed by atoms with Crippen molar-refractivity contribution in [3.05, 3.63) is 52.6 Å². The Morgan fingerprint density at radius 2 is 1.57 bits per heavy atom. The number of rotatable bonds is 5. The third kappa shape index (κ3) is 3.59. The van der Waals surface area contributed by atoms with Gasteiger partial charge in [0, 0.05) is 5.56 Å². The Morgan fingerprint density at radius 3 is 2.17 bits per heavy atom. The Hall–Kier alpha value is -3.81. The largest absolute Gasteiger partial charge is 0.493 e. The Bertz CT molecular complexity index is 1070. The first kappa shape index (κ1) is 20.9. The van der Waals surface area contributed by atoms with Crippen molar-refractivity contribution in [1.82, 2.24) is 5.32 Å².